The van der Waals surface area contributed by atoms with E-state index in [4.69, 9.17) is 4.74 Å². The molecule has 1 aromatic carbocycles. The lowest BCUT2D eigenvalue weighted by Gasteiger charge is -2.27. The van der Waals surface area contributed by atoms with E-state index in [1.54, 1.807) is 0 Å². The lowest BCUT2D eigenvalue weighted by Crippen LogP contribution is -2.23. The van der Waals surface area contributed by atoms with Crippen LogP contribution in [-0.4, -0.2) is 12.6 Å². The second-order valence-corrected chi connectivity index (χ2v) is 6.91. The smallest absolute Gasteiger partial charge is 0.120 e. The van der Waals surface area contributed by atoms with E-state index in [2.05, 4.69) is 37.4 Å². The molecular weight excluding hydrogens is 258 g/mol. The monoisotopic (exact) mass is 287 g/mol. The molecule has 2 aliphatic rings. The lowest BCUT2D eigenvalue weighted by molar-refractivity contribution is 0.135. The van der Waals surface area contributed by atoms with E-state index in [1.807, 2.05) is 0 Å². The van der Waals surface area contributed by atoms with Crippen LogP contribution < -0.4 is 10.1 Å². The van der Waals surface area contributed by atoms with Gasteiger partial charge in [0.15, 0.2) is 0 Å². The van der Waals surface area contributed by atoms with E-state index < -0.39 is 0 Å². The van der Waals surface area contributed by atoms with E-state index >= 15 is 0 Å². The normalized spacial score (nSPS) is 28.4. The molecule has 116 valence electrons. The maximum Gasteiger partial charge on any atom is 0.120 e. The van der Waals surface area contributed by atoms with Crippen molar-refractivity contribution >= 4 is 0 Å². The van der Waals surface area contributed by atoms with Crippen LogP contribution in [0.15, 0.2) is 18.2 Å². The molecule has 1 unspecified atom stereocenters. The highest BCUT2D eigenvalue weighted by Gasteiger charge is 2.23. The molecule has 1 saturated carbocycles. The topological polar surface area (TPSA) is 21.3 Å². The molecule has 0 amide bonds. The van der Waals surface area contributed by atoms with Gasteiger partial charge >= 0.3 is 0 Å². The highest BCUT2D eigenvalue weighted by Crippen LogP contribution is 2.35. The van der Waals surface area contributed by atoms with Crippen molar-refractivity contribution in [1.29, 1.82) is 0 Å². The molecule has 0 aliphatic heterocycles. The molecule has 0 saturated heterocycles. The minimum Gasteiger partial charge on any atom is -0.490 e. The van der Waals surface area contributed by atoms with Crippen LogP contribution in [0.2, 0.25) is 0 Å². The summed E-state index contributed by atoms with van der Waals surface area (Å²) in [6, 6.07) is 7.32. The number of aryl methyl sites for hydroxylation is 1. The average molecular weight is 287 g/mol. The minimum absolute atomic E-state index is 0.440. The van der Waals surface area contributed by atoms with Gasteiger partial charge in [-0.25, -0.2) is 0 Å². The molecule has 21 heavy (non-hydrogen) atoms. The number of benzene rings is 1. The Kier molecular flexibility index (Phi) is 4.84. The van der Waals surface area contributed by atoms with Crippen LogP contribution in [0.25, 0.3) is 0 Å². The Morgan fingerprint density at radius 3 is 2.71 bits per heavy atom. The Labute approximate surface area is 129 Å². The minimum atomic E-state index is 0.440. The number of ether oxygens (including phenoxy) is 1. The molecule has 2 heteroatoms. The number of fused-ring (bicyclic) bond motifs is 1. The second-order valence-electron chi connectivity index (χ2n) is 6.91. The summed E-state index contributed by atoms with van der Waals surface area (Å²) in [7, 11) is 0. The van der Waals surface area contributed by atoms with Crippen molar-refractivity contribution in [1.82, 2.24) is 5.32 Å². The second kappa shape index (κ2) is 6.83. The van der Waals surface area contributed by atoms with Crippen molar-refractivity contribution < 1.29 is 4.74 Å². The molecule has 1 atom stereocenters. The quantitative estimate of drug-likeness (QED) is 0.852. The van der Waals surface area contributed by atoms with Crippen LogP contribution >= 0.6 is 0 Å². The predicted octanol–water partition coefficient (Wildman–Crippen LogP) is 4.63. The third kappa shape index (κ3) is 3.60. The number of nitrogens with one attached hydrogen (secondary N) is 1. The third-order valence-electron chi connectivity index (χ3n) is 5.10. The number of hydrogen-bond acceptors (Lipinski definition) is 2. The van der Waals surface area contributed by atoms with Gasteiger partial charge in [0.2, 0.25) is 0 Å². The zero-order valence-corrected chi connectivity index (χ0v) is 13.5. The Balaban J connectivity index is 1.61. The molecular formula is C19H29NO. The first-order chi connectivity index (χ1) is 10.3. The fourth-order valence-corrected chi connectivity index (χ4v) is 3.74. The fourth-order valence-electron chi connectivity index (χ4n) is 3.74. The Bertz CT molecular complexity index is 463. The van der Waals surface area contributed by atoms with Crippen molar-refractivity contribution in [3.63, 3.8) is 0 Å². The van der Waals surface area contributed by atoms with Crippen LogP contribution in [0, 0.1) is 5.92 Å². The lowest BCUT2D eigenvalue weighted by atomic mass is 9.89. The van der Waals surface area contributed by atoms with Gasteiger partial charge in [-0.1, -0.05) is 19.9 Å². The van der Waals surface area contributed by atoms with Crippen molar-refractivity contribution in [3.05, 3.63) is 29.3 Å². The van der Waals surface area contributed by atoms with Crippen LogP contribution in [-0.2, 0) is 6.42 Å². The van der Waals surface area contributed by atoms with Gasteiger partial charge in [-0.15, -0.1) is 0 Å². The molecule has 0 spiro atoms. The summed E-state index contributed by atoms with van der Waals surface area (Å²) in [4.78, 5) is 0. The van der Waals surface area contributed by atoms with Gasteiger partial charge < -0.3 is 10.1 Å². The molecule has 0 heterocycles. The molecule has 0 aromatic heterocycles. The van der Waals surface area contributed by atoms with Gasteiger partial charge in [0.1, 0.15) is 5.75 Å². The molecule has 2 nitrogen and oxygen atoms in total. The highest BCUT2D eigenvalue weighted by molar-refractivity contribution is 5.40. The molecule has 3 rings (SSSR count). The van der Waals surface area contributed by atoms with Crippen LogP contribution in [0.1, 0.15) is 69.5 Å². The fraction of sp³-hybridized carbons (Fsp3) is 0.684. The summed E-state index contributed by atoms with van der Waals surface area (Å²) in [5, 5.41) is 3.65. The molecule has 2 aliphatic carbocycles. The summed E-state index contributed by atoms with van der Waals surface area (Å²) < 4.78 is 6.22. The first-order valence-corrected chi connectivity index (χ1v) is 8.79. The average Bonchev–Trinajstić information content (AvgIpc) is 2.90. The number of hydrogen-bond donors (Lipinski definition) is 1. The van der Waals surface area contributed by atoms with Crippen LogP contribution in [0.5, 0.6) is 5.75 Å². The van der Waals surface area contributed by atoms with E-state index in [9.17, 15) is 0 Å². The van der Waals surface area contributed by atoms with Crippen molar-refractivity contribution in [2.45, 2.75) is 70.9 Å². The predicted molar refractivity (Wildman–Crippen MR) is 87.8 cm³/mol. The van der Waals surface area contributed by atoms with Gasteiger partial charge in [-0.3, -0.25) is 0 Å². The SMILES string of the molecule is CCCNC1CCc2cc(OC3CCC(C)CC3)ccc21. The molecule has 1 N–H and O–H groups in total. The standard InChI is InChI=1S/C19H29NO/c1-3-12-20-19-11-6-15-13-17(9-10-18(15)19)21-16-7-4-14(2)5-8-16/h9-10,13-14,16,19-20H,3-8,11-12H2,1-2H3. The van der Waals surface area contributed by atoms with E-state index in [0.29, 0.717) is 12.1 Å². The van der Waals surface area contributed by atoms with Gasteiger partial charge in [-0.05, 0) is 80.7 Å². The van der Waals surface area contributed by atoms with Gasteiger partial charge in [0.25, 0.3) is 0 Å². The largest absolute Gasteiger partial charge is 0.490 e. The van der Waals surface area contributed by atoms with Crippen molar-refractivity contribution in [2.24, 2.45) is 5.92 Å². The first kappa shape index (κ1) is 14.9. The Morgan fingerprint density at radius 2 is 1.95 bits per heavy atom. The van der Waals surface area contributed by atoms with Crippen molar-refractivity contribution in [3.8, 4) is 5.75 Å². The van der Waals surface area contributed by atoms with Gasteiger partial charge in [0, 0.05) is 6.04 Å². The number of rotatable bonds is 5. The zero-order valence-electron chi connectivity index (χ0n) is 13.5. The van der Waals surface area contributed by atoms with E-state index in [0.717, 1.165) is 18.2 Å². The van der Waals surface area contributed by atoms with Crippen LogP contribution in [0.4, 0.5) is 0 Å². The van der Waals surface area contributed by atoms with Crippen LogP contribution in [0.3, 0.4) is 0 Å². The molecule has 0 radical (unpaired) electrons. The Morgan fingerprint density at radius 1 is 1.14 bits per heavy atom. The maximum atomic E-state index is 6.22. The summed E-state index contributed by atoms with van der Waals surface area (Å²) in [6.45, 7) is 5.70. The van der Waals surface area contributed by atoms with E-state index in [-0.39, 0.29) is 0 Å². The summed E-state index contributed by atoms with van der Waals surface area (Å²) in [6.07, 6.45) is 9.15. The summed E-state index contributed by atoms with van der Waals surface area (Å²) >= 11 is 0. The maximum absolute atomic E-state index is 6.22. The summed E-state index contributed by atoms with van der Waals surface area (Å²) in [5.41, 5.74) is 2.98. The molecule has 0 bridgehead atoms. The summed E-state index contributed by atoms with van der Waals surface area (Å²) in [5.74, 6) is 1.97. The van der Waals surface area contributed by atoms with E-state index in [1.165, 1.54) is 56.1 Å². The van der Waals surface area contributed by atoms with Crippen molar-refractivity contribution in [2.75, 3.05) is 6.54 Å². The molecule has 1 fully saturated rings. The first-order valence-electron chi connectivity index (χ1n) is 8.79. The Hall–Kier alpha value is -1.02. The van der Waals surface area contributed by atoms with Gasteiger partial charge in [0.05, 0.1) is 6.10 Å². The highest BCUT2D eigenvalue weighted by atomic mass is 16.5. The van der Waals surface area contributed by atoms with Gasteiger partial charge in [-0.2, -0.15) is 0 Å². The zero-order chi connectivity index (χ0) is 14.7. The molecule has 1 aromatic rings. The third-order valence-corrected chi connectivity index (χ3v) is 5.10.